The van der Waals surface area contributed by atoms with E-state index in [2.05, 4.69) is 45.4 Å². The second-order valence-electron chi connectivity index (χ2n) is 11.3. The highest BCUT2D eigenvalue weighted by molar-refractivity contribution is 6.31. The van der Waals surface area contributed by atoms with E-state index < -0.39 is 0 Å². The lowest BCUT2D eigenvalue weighted by Gasteiger charge is -2.33. The monoisotopic (exact) mass is 579 g/mol. The number of hydrogen-bond acceptors (Lipinski definition) is 4. The highest BCUT2D eigenvalue weighted by atomic mass is 35.5. The highest BCUT2D eigenvalue weighted by Gasteiger charge is 2.23. The second-order valence-corrected chi connectivity index (χ2v) is 12.2. The minimum Gasteiger partial charge on any atom is -0.490 e. The fraction of sp³-hybridized carbons (Fsp3) is 0.424. The van der Waals surface area contributed by atoms with Crippen LogP contribution in [0.4, 0.5) is 0 Å². The lowest BCUT2D eigenvalue weighted by atomic mass is 10.0. The van der Waals surface area contributed by atoms with E-state index in [1.165, 1.54) is 11.1 Å². The lowest BCUT2D eigenvalue weighted by Crippen LogP contribution is -2.44. The Morgan fingerprint density at radius 2 is 1.43 bits per heavy atom. The Morgan fingerprint density at radius 3 is 2.08 bits per heavy atom. The molecule has 0 radical (unpaired) electrons. The number of amides is 1. The Labute approximate surface area is 248 Å². The van der Waals surface area contributed by atoms with Gasteiger partial charge in [-0.05, 0) is 98.2 Å². The van der Waals surface area contributed by atoms with Crippen LogP contribution in [0, 0.1) is 13.8 Å². The van der Waals surface area contributed by atoms with Crippen LogP contribution in [0.5, 0.6) is 5.75 Å². The minimum absolute atomic E-state index is 0.00433. The average molecular weight is 581 g/mol. The molecule has 5 rings (SSSR count). The molecule has 2 saturated heterocycles. The number of rotatable bonds is 8. The van der Waals surface area contributed by atoms with Crippen molar-refractivity contribution in [3.05, 3.63) is 98.5 Å². The summed E-state index contributed by atoms with van der Waals surface area (Å²) < 4.78 is 6.38. The van der Waals surface area contributed by atoms with Crippen LogP contribution in [-0.4, -0.2) is 54.0 Å². The molecular formula is C33H39Cl2N3O2. The molecule has 212 valence electrons. The maximum Gasteiger partial charge on any atom is 0.251 e. The first-order valence-electron chi connectivity index (χ1n) is 14.3. The average Bonchev–Trinajstić information content (AvgIpc) is 2.95. The zero-order chi connectivity index (χ0) is 28.1. The molecule has 0 atom stereocenters. The topological polar surface area (TPSA) is 44.8 Å². The van der Waals surface area contributed by atoms with Crippen molar-refractivity contribution >= 4 is 29.1 Å². The Balaban J connectivity index is 1.06. The minimum atomic E-state index is -0.00433. The molecule has 3 aromatic rings. The van der Waals surface area contributed by atoms with Gasteiger partial charge in [-0.2, -0.15) is 0 Å². The Bertz CT molecular complexity index is 1300. The molecule has 0 bridgehead atoms. The molecule has 0 aliphatic carbocycles. The van der Waals surface area contributed by atoms with Gasteiger partial charge in [0.2, 0.25) is 0 Å². The SMILES string of the molecule is Cc1ccc(CN2CCC(Oc3ccc(C(=O)NC4CCN(Cc5ccc(Cl)cc5)CC4)cc3C)CC2)cc1Cl. The van der Waals surface area contributed by atoms with Crippen LogP contribution >= 0.6 is 23.2 Å². The van der Waals surface area contributed by atoms with E-state index in [-0.39, 0.29) is 18.1 Å². The van der Waals surface area contributed by atoms with E-state index in [1.54, 1.807) is 0 Å². The van der Waals surface area contributed by atoms with Gasteiger partial charge in [-0.3, -0.25) is 14.6 Å². The molecule has 2 heterocycles. The summed E-state index contributed by atoms with van der Waals surface area (Å²) >= 11 is 12.3. The number of benzene rings is 3. The number of carbonyl (C=O) groups excluding carboxylic acids is 1. The van der Waals surface area contributed by atoms with Gasteiger partial charge >= 0.3 is 0 Å². The van der Waals surface area contributed by atoms with Crippen molar-refractivity contribution < 1.29 is 9.53 Å². The van der Waals surface area contributed by atoms with Crippen LogP contribution < -0.4 is 10.1 Å². The number of hydrogen-bond donors (Lipinski definition) is 1. The van der Waals surface area contributed by atoms with E-state index in [4.69, 9.17) is 27.9 Å². The Hall–Kier alpha value is -2.57. The van der Waals surface area contributed by atoms with Crippen LogP contribution in [0.1, 0.15) is 58.3 Å². The first-order chi connectivity index (χ1) is 19.3. The predicted molar refractivity (Wildman–Crippen MR) is 164 cm³/mol. The molecule has 1 amide bonds. The number of aryl methyl sites for hydroxylation is 2. The third-order valence-corrected chi connectivity index (χ3v) is 8.81. The van der Waals surface area contributed by atoms with Gasteiger partial charge in [0.25, 0.3) is 5.91 Å². The molecule has 0 saturated carbocycles. The van der Waals surface area contributed by atoms with Crippen LogP contribution in [-0.2, 0) is 13.1 Å². The summed E-state index contributed by atoms with van der Waals surface area (Å²) in [4.78, 5) is 17.9. The van der Waals surface area contributed by atoms with Gasteiger partial charge in [0.15, 0.2) is 0 Å². The summed E-state index contributed by atoms with van der Waals surface area (Å²) in [6, 6.07) is 20.4. The van der Waals surface area contributed by atoms with Gasteiger partial charge in [0, 0.05) is 60.9 Å². The first-order valence-corrected chi connectivity index (χ1v) is 15.1. The number of likely N-dealkylation sites (tertiary alicyclic amines) is 2. The zero-order valence-corrected chi connectivity index (χ0v) is 25.0. The van der Waals surface area contributed by atoms with Gasteiger partial charge < -0.3 is 10.1 Å². The molecular weight excluding hydrogens is 541 g/mol. The molecule has 2 fully saturated rings. The number of nitrogens with zero attached hydrogens (tertiary/aromatic N) is 2. The Morgan fingerprint density at radius 1 is 0.800 bits per heavy atom. The fourth-order valence-corrected chi connectivity index (χ4v) is 5.96. The number of carbonyl (C=O) groups is 1. The molecule has 0 aromatic heterocycles. The van der Waals surface area contributed by atoms with Crippen molar-refractivity contribution in [1.82, 2.24) is 15.1 Å². The zero-order valence-electron chi connectivity index (χ0n) is 23.5. The Kier molecular flexibility index (Phi) is 9.69. The van der Waals surface area contributed by atoms with Gasteiger partial charge in [-0.15, -0.1) is 0 Å². The molecule has 0 spiro atoms. The number of nitrogens with one attached hydrogen (secondary N) is 1. The lowest BCUT2D eigenvalue weighted by molar-refractivity contribution is 0.0907. The second kappa shape index (κ2) is 13.4. The van der Waals surface area contributed by atoms with E-state index in [9.17, 15) is 4.79 Å². The number of halogens is 2. The van der Waals surface area contributed by atoms with Crippen molar-refractivity contribution in [2.75, 3.05) is 26.2 Å². The smallest absolute Gasteiger partial charge is 0.251 e. The molecule has 5 nitrogen and oxygen atoms in total. The summed E-state index contributed by atoms with van der Waals surface area (Å²) in [6.07, 6.45) is 4.06. The van der Waals surface area contributed by atoms with E-state index in [0.29, 0.717) is 5.56 Å². The highest BCUT2D eigenvalue weighted by Crippen LogP contribution is 2.26. The number of ether oxygens (including phenoxy) is 1. The quantitative estimate of drug-likeness (QED) is 0.310. The predicted octanol–water partition coefficient (Wildman–Crippen LogP) is 7.05. The molecule has 2 aliphatic heterocycles. The maximum absolute atomic E-state index is 13.0. The van der Waals surface area contributed by atoms with Crippen LogP contribution in [0.3, 0.4) is 0 Å². The molecule has 7 heteroatoms. The van der Waals surface area contributed by atoms with Crippen LogP contribution in [0.15, 0.2) is 60.7 Å². The van der Waals surface area contributed by atoms with Gasteiger partial charge in [-0.1, -0.05) is 47.5 Å². The molecule has 2 aliphatic rings. The van der Waals surface area contributed by atoms with E-state index in [1.807, 2.05) is 44.2 Å². The van der Waals surface area contributed by atoms with Crippen molar-refractivity contribution in [2.45, 2.75) is 64.8 Å². The summed E-state index contributed by atoms with van der Waals surface area (Å²) in [5.74, 6) is 0.867. The largest absolute Gasteiger partial charge is 0.490 e. The molecule has 3 aromatic carbocycles. The third-order valence-electron chi connectivity index (χ3n) is 8.15. The van der Waals surface area contributed by atoms with E-state index in [0.717, 1.165) is 91.9 Å². The van der Waals surface area contributed by atoms with Crippen molar-refractivity contribution in [3.63, 3.8) is 0 Å². The normalized spacial score (nSPS) is 17.6. The summed E-state index contributed by atoms with van der Waals surface area (Å²) in [7, 11) is 0. The van der Waals surface area contributed by atoms with Crippen LogP contribution in [0.25, 0.3) is 0 Å². The van der Waals surface area contributed by atoms with Gasteiger partial charge in [-0.25, -0.2) is 0 Å². The molecule has 1 N–H and O–H groups in total. The maximum atomic E-state index is 13.0. The summed E-state index contributed by atoms with van der Waals surface area (Å²) in [5.41, 5.74) is 5.33. The molecule has 0 unspecified atom stereocenters. The summed E-state index contributed by atoms with van der Waals surface area (Å²) in [5, 5.41) is 4.85. The van der Waals surface area contributed by atoms with Gasteiger partial charge in [0.1, 0.15) is 11.9 Å². The third kappa shape index (κ3) is 7.79. The van der Waals surface area contributed by atoms with Crippen molar-refractivity contribution in [1.29, 1.82) is 0 Å². The number of piperidine rings is 2. The van der Waals surface area contributed by atoms with Gasteiger partial charge in [0.05, 0.1) is 0 Å². The van der Waals surface area contributed by atoms with Crippen molar-refractivity contribution in [2.24, 2.45) is 0 Å². The van der Waals surface area contributed by atoms with Crippen LogP contribution in [0.2, 0.25) is 10.0 Å². The fourth-order valence-electron chi connectivity index (χ4n) is 5.63. The van der Waals surface area contributed by atoms with Crippen molar-refractivity contribution in [3.8, 4) is 5.75 Å². The molecule has 40 heavy (non-hydrogen) atoms. The standard InChI is InChI=1S/C33H39Cl2N3O2/c1-23-3-4-26(20-31(23)35)22-38-17-13-30(14-18-38)40-32-10-7-27(19-24(32)2)33(39)36-29-11-15-37(16-12-29)21-25-5-8-28(34)9-6-25/h3-10,19-20,29-30H,11-18,21-22H2,1-2H3,(H,36,39). The summed E-state index contributed by atoms with van der Waals surface area (Å²) in [6.45, 7) is 9.81. The first kappa shape index (κ1) is 28.9. The van der Waals surface area contributed by atoms with E-state index >= 15 is 0 Å².